The monoisotopic (exact) mass is 635 g/mol. The summed E-state index contributed by atoms with van der Waals surface area (Å²) in [4.78, 5) is 15.2. The first kappa shape index (κ1) is 31.8. The molecule has 0 aromatic heterocycles. The number of carbonyl (C=O) groups excluding carboxylic acids is 1. The van der Waals surface area contributed by atoms with Gasteiger partial charge in [-0.25, -0.2) is 16.8 Å². The van der Waals surface area contributed by atoms with Crippen LogP contribution in [-0.4, -0.2) is 75.9 Å². The molecular weight excluding hydrogens is 602 g/mol. The molecular formula is C29H34ClN3O7S2. The van der Waals surface area contributed by atoms with Crippen LogP contribution in [0, 0.1) is 5.92 Å². The van der Waals surface area contributed by atoms with Crippen molar-refractivity contribution in [3.63, 3.8) is 0 Å². The third-order valence-electron chi connectivity index (χ3n) is 7.18. The SMILES string of the molecule is C[C@@H]1CN([C@@H](C)CO)C(=O)Cc2cc(NS(=O)(=O)c3ccc(Cl)cc3)ccc2O[C@@H]1CN(C)S(=O)(=O)c1ccccc1. The number of likely N-dealkylation sites (N-methyl/N-ethyl adjacent to an activating group) is 1. The molecule has 2 N–H and O–H groups in total. The molecule has 0 radical (unpaired) electrons. The van der Waals surface area contributed by atoms with Gasteiger partial charge in [-0.05, 0) is 61.5 Å². The molecule has 10 nitrogen and oxygen atoms in total. The predicted molar refractivity (Wildman–Crippen MR) is 161 cm³/mol. The molecule has 0 saturated heterocycles. The normalized spacial score (nSPS) is 18.8. The Labute approximate surface area is 252 Å². The number of nitrogens with zero attached hydrogens (tertiary/aromatic N) is 2. The summed E-state index contributed by atoms with van der Waals surface area (Å²) in [5.41, 5.74) is 0.633. The van der Waals surface area contributed by atoms with Crippen molar-refractivity contribution < 1.29 is 31.5 Å². The van der Waals surface area contributed by atoms with Crippen molar-refractivity contribution in [1.29, 1.82) is 0 Å². The van der Waals surface area contributed by atoms with E-state index in [1.54, 1.807) is 36.1 Å². The lowest BCUT2D eigenvalue weighted by Gasteiger charge is -2.33. The molecule has 0 aliphatic carbocycles. The molecule has 3 aromatic carbocycles. The predicted octanol–water partition coefficient (Wildman–Crippen LogP) is 3.61. The second-order valence-corrected chi connectivity index (χ2v) is 14.5. The number of amides is 1. The summed E-state index contributed by atoms with van der Waals surface area (Å²) in [7, 11) is -6.30. The minimum atomic E-state index is -3.95. The van der Waals surface area contributed by atoms with Gasteiger partial charge in [-0.15, -0.1) is 0 Å². The lowest BCUT2D eigenvalue weighted by Crippen LogP contribution is -2.48. The Kier molecular flexibility index (Phi) is 9.84. The lowest BCUT2D eigenvalue weighted by atomic mass is 10.0. The van der Waals surface area contributed by atoms with Crippen molar-refractivity contribution in [2.24, 2.45) is 5.92 Å². The fourth-order valence-electron chi connectivity index (χ4n) is 4.66. The van der Waals surface area contributed by atoms with Crippen molar-refractivity contribution in [2.75, 3.05) is 31.5 Å². The van der Waals surface area contributed by atoms with E-state index in [1.807, 2.05) is 6.92 Å². The molecule has 1 heterocycles. The number of anilines is 1. The maximum atomic E-state index is 13.5. The van der Waals surface area contributed by atoms with E-state index in [0.29, 0.717) is 16.3 Å². The Bertz CT molecular complexity index is 1620. The van der Waals surface area contributed by atoms with Gasteiger partial charge in [0.2, 0.25) is 15.9 Å². The summed E-state index contributed by atoms with van der Waals surface area (Å²) in [5, 5.41) is 10.3. The van der Waals surface area contributed by atoms with Gasteiger partial charge >= 0.3 is 0 Å². The van der Waals surface area contributed by atoms with Crippen molar-refractivity contribution in [3.05, 3.63) is 83.4 Å². The highest BCUT2D eigenvalue weighted by Crippen LogP contribution is 2.31. The fraction of sp³-hybridized carbons (Fsp3) is 0.345. The summed E-state index contributed by atoms with van der Waals surface area (Å²) in [6.45, 7) is 3.52. The molecule has 13 heteroatoms. The number of halogens is 1. The summed E-state index contributed by atoms with van der Waals surface area (Å²) in [6, 6.07) is 17.9. The second kappa shape index (κ2) is 13.0. The maximum absolute atomic E-state index is 13.5. The number of benzene rings is 3. The van der Waals surface area contributed by atoms with Gasteiger partial charge in [0.1, 0.15) is 11.9 Å². The lowest BCUT2D eigenvalue weighted by molar-refractivity contribution is -0.134. The van der Waals surface area contributed by atoms with Gasteiger partial charge in [0, 0.05) is 35.8 Å². The number of carbonyl (C=O) groups is 1. The van der Waals surface area contributed by atoms with E-state index in [-0.39, 0.29) is 53.4 Å². The molecule has 0 saturated carbocycles. The first-order chi connectivity index (χ1) is 19.8. The average molecular weight is 636 g/mol. The second-order valence-electron chi connectivity index (χ2n) is 10.4. The Hall–Kier alpha value is -3.16. The number of fused-ring (bicyclic) bond motifs is 1. The van der Waals surface area contributed by atoms with Crippen molar-refractivity contribution in [2.45, 2.75) is 42.2 Å². The average Bonchev–Trinajstić information content (AvgIpc) is 3.00. The van der Waals surface area contributed by atoms with Gasteiger partial charge in [0.05, 0.1) is 35.4 Å². The van der Waals surface area contributed by atoms with Gasteiger partial charge in [-0.2, -0.15) is 4.31 Å². The number of rotatable bonds is 9. The van der Waals surface area contributed by atoms with Crippen LogP contribution in [0.2, 0.25) is 5.02 Å². The number of aliphatic hydroxyl groups is 1. The maximum Gasteiger partial charge on any atom is 0.261 e. The Morgan fingerprint density at radius 2 is 1.71 bits per heavy atom. The van der Waals surface area contributed by atoms with Crippen molar-refractivity contribution >= 4 is 43.2 Å². The summed E-state index contributed by atoms with van der Waals surface area (Å²) in [5.74, 6) is -0.277. The van der Waals surface area contributed by atoms with Crippen LogP contribution in [0.4, 0.5) is 5.69 Å². The summed E-state index contributed by atoms with van der Waals surface area (Å²) in [6.07, 6.45) is -0.795. The van der Waals surface area contributed by atoms with Crippen LogP contribution < -0.4 is 9.46 Å². The Morgan fingerprint density at radius 3 is 2.36 bits per heavy atom. The third-order valence-corrected chi connectivity index (χ3v) is 10.7. The molecule has 0 unspecified atom stereocenters. The minimum absolute atomic E-state index is 0.0156. The van der Waals surface area contributed by atoms with E-state index in [2.05, 4.69) is 4.72 Å². The molecule has 1 aliphatic rings. The highest BCUT2D eigenvalue weighted by Gasteiger charge is 2.33. The fourth-order valence-corrected chi connectivity index (χ4v) is 7.04. The number of aliphatic hydroxyl groups excluding tert-OH is 1. The molecule has 42 heavy (non-hydrogen) atoms. The first-order valence-electron chi connectivity index (χ1n) is 13.3. The molecule has 1 amide bonds. The van der Waals surface area contributed by atoms with Crippen LogP contribution in [0.15, 0.2) is 82.6 Å². The van der Waals surface area contributed by atoms with Gasteiger partial charge in [-0.1, -0.05) is 36.7 Å². The third kappa shape index (κ3) is 7.24. The molecule has 4 rings (SSSR count). The highest BCUT2D eigenvalue weighted by molar-refractivity contribution is 7.92. The molecule has 0 bridgehead atoms. The largest absolute Gasteiger partial charge is 0.488 e. The summed E-state index contributed by atoms with van der Waals surface area (Å²) < 4.78 is 62.6. The first-order valence-corrected chi connectivity index (χ1v) is 16.6. The van der Waals surface area contributed by atoms with E-state index in [0.717, 1.165) is 0 Å². The molecule has 0 spiro atoms. The topological polar surface area (TPSA) is 133 Å². The molecule has 3 aromatic rings. The smallest absolute Gasteiger partial charge is 0.261 e. The molecule has 226 valence electrons. The zero-order valence-electron chi connectivity index (χ0n) is 23.5. The van der Waals surface area contributed by atoms with Crippen LogP contribution in [0.1, 0.15) is 19.4 Å². The number of sulfonamides is 2. The van der Waals surface area contributed by atoms with Crippen LogP contribution >= 0.6 is 11.6 Å². The van der Waals surface area contributed by atoms with E-state index >= 15 is 0 Å². The van der Waals surface area contributed by atoms with E-state index in [1.165, 1.54) is 59.9 Å². The standard InChI is InChI=1S/C29H34ClN3O7S2/c1-20-17-33(21(2)19-34)29(35)16-22-15-24(31-41(36,37)25-12-9-23(30)10-13-25)11-14-27(22)40-28(20)18-32(3)42(38,39)26-7-5-4-6-8-26/h4-15,20-21,28,31,34H,16-19H2,1-3H3/t20-,21+,28-/m1/s1. The number of ether oxygens (including phenoxy) is 1. The number of hydrogen-bond donors (Lipinski definition) is 2. The summed E-state index contributed by atoms with van der Waals surface area (Å²) >= 11 is 5.89. The Morgan fingerprint density at radius 1 is 1.05 bits per heavy atom. The van der Waals surface area contributed by atoms with Gasteiger partial charge in [0.25, 0.3) is 10.0 Å². The highest BCUT2D eigenvalue weighted by atomic mass is 35.5. The van der Waals surface area contributed by atoms with E-state index in [4.69, 9.17) is 16.3 Å². The number of hydrogen-bond acceptors (Lipinski definition) is 7. The quantitative estimate of drug-likeness (QED) is 0.367. The molecule has 0 fully saturated rings. The van der Waals surface area contributed by atoms with Crippen LogP contribution in [-0.2, 0) is 31.3 Å². The van der Waals surface area contributed by atoms with Crippen molar-refractivity contribution in [3.8, 4) is 5.75 Å². The van der Waals surface area contributed by atoms with Crippen LogP contribution in [0.5, 0.6) is 5.75 Å². The number of nitrogens with one attached hydrogen (secondary N) is 1. The van der Waals surface area contributed by atoms with E-state index in [9.17, 15) is 26.7 Å². The van der Waals surface area contributed by atoms with Crippen molar-refractivity contribution in [1.82, 2.24) is 9.21 Å². The Balaban J connectivity index is 1.68. The molecule has 3 atom stereocenters. The minimum Gasteiger partial charge on any atom is -0.488 e. The zero-order valence-corrected chi connectivity index (χ0v) is 25.9. The zero-order chi connectivity index (χ0) is 30.7. The van der Waals surface area contributed by atoms with Gasteiger partial charge < -0.3 is 14.7 Å². The van der Waals surface area contributed by atoms with Gasteiger partial charge in [0.15, 0.2) is 0 Å². The van der Waals surface area contributed by atoms with Crippen LogP contribution in [0.25, 0.3) is 0 Å². The molecule has 1 aliphatic heterocycles. The van der Waals surface area contributed by atoms with E-state index < -0.39 is 32.2 Å². The van der Waals surface area contributed by atoms with Gasteiger partial charge in [-0.3, -0.25) is 9.52 Å². The van der Waals surface area contributed by atoms with Crippen LogP contribution in [0.3, 0.4) is 0 Å².